The van der Waals surface area contributed by atoms with Crippen molar-refractivity contribution in [3.8, 4) is 0 Å². The molecule has 3 heterocycles. The highest BCUT2D eigenvalue weighted by molar-refractivity contribution is 7.87. The first-order chi connectivity index (χ1) is 14.3. The van der Waals surface area contributed by atoms with Gasteiger partial charge in [-0.15, -0.1) is 11.3 Å². The SMILES string of the molecule is [B]OC(=O)C1=C(COC(C)=O)C2(CC2)S(=O)[C@@H]2[C@H](CC(=O)Cc3cccs3)C(=O)N12. The third-order valence-corrected chi connectivity index (χ3v) is 8.94. The molecule has 0 aromatic carbocycles. The minimum absolute atomic E-state index is 0.0516. The molecule has 4 rings (SSSR count). The number of fused-ring (bicyclic) bond motifs is 1. The highest BCUT2D eigenvalue weighted by Crippen LogP contribution is 2.57. The summed E-state index contributed by atoms with van der Waals surface area (Å²) in [6.45, 7) is 0.942. The number of ether oxygens (including phenoxy) is 1. The molecule has 3 atom stereocenters. The van der Waals surface area contributed by atoms with Crippen LogP contribution in [0.4, 0.5) is 0 Å². The summed E-state index contributed by atoms with van der Waals surface area (Å²) in [7, 11) is 3.52. The summed E-state index contributed by atoms with van der Waals surface area (Å²) < 4.78 is 21.9. The molecule has 11 heteroatoms. The van der Waals surface area contributed by atoms with E-state index in [0.29, 0.717) is 18.4 Å². The number of esters is 1. The quantitative estimate of drug-likeness (QED) is 0.345. The molecular formula is C19H18BNO7S2. The maximum Gasteiger partial charge on any atom is 0.378 e. The molecule has 1 saturated carbocycles. The van der Waals surface area contributed by atoms with Gasteiger partial charge in [0.15, 0.2) is 0 Å². The van der Waals surface area contributed by atoms with Crippen LogP contribution in [0.1, 0.15) is 31.1 Å². The number of thiophene rings is 1. The monoisotopic (exact) mass is 447 g/mol. The molecule has 1 unspecified atom stereocenters. The maximum atomic E-state index is 13.4. The van der Waals surface area contributed by atoms with Crippen molar-refractivity contribution in [2.24, 2.45) is 5.92 Å². The Hall–Kier alpha value is -2.27. The molecule has 1 amide bonds. The number of hydrogen-bond donors (Lipinski definition) is 0. The Bertz CT molecular complexity index is 983. The van der Waals surface area contributed by atoms with Crippen molar-refractivity contribution >= 4 is 53.8 Å². The second-order valence-electron chi connectivity index (χ2n) is 7.51. The van der Waals surface area contributed by atoms with Gasteiger partial charge in [0.05, 0.1) is 21.5 Å². The van der Waals surface area contributed by atoms with Crippen LogP contribution in [-0.4, -0.2) is 57.5 Å². The van der Waals surface area contributed by atoms with Gasteiger partial charge < -0.3 is 9.39 Å². The van der Waals surface area contributed by atoms with E-state index in [1.54, 1.807) is 0 Å². The molecule has 156 valence electrons. The lowest BCUT2D eigenvalue weighted by molar-refractivity contribution is -0.153. The fraction of sp³-hybridized carbons (Fsp3) is 0.474. The van der Waals surface area contributed by atoms with E-state index in [1.807, 2.05) is 17.5 Å². The lowest BCUT2D eigenvalue weighted by Gasteiger charge is -2.51. The zero-order valence-corrected chi connectivity index (χ0v) is 17.8. The Balaban J connectivity index is 1.62. The smallest absolute Gasteiger partial charge is 0.378 e. The molecule has 2 aliphatic heterocycles. The first-order valence-corrected chi connectivity index (χ1v) is 11.5. The molecule has 30 heavy (non-hydrogen) atoms. The van der Waals surface area contributed by atoms with Crippen molar-refractivity contribution < 1.29 is 32.8 Å². The maximum absolute atomic E-state index is 13.4. The molecule has 8 nitrogen and oxygen atoms in total. The molecule has 0 N–H and O–H groups in total. The van der Waals surface area contributed by atoms with E-state index in [1.165, 1.54) is 18.3 Å². The Morgan fingerprint density at radius 1 is 1.37 bits per heavy atom. The van der Waals surface area contributed by atoms with Crippen LogP contribution in [0.2, 0.25) is 0 Å². The van der Waals surface area contributed by atoms with Crippen LogP contribution in [-0.2, 0) is 45.8 Å². The van der Waals surface area contributed by atoms with E-state index in [9.17, 15) is 23.4 Å². The van der Waals surface area contributed by atoms with Gasteiger partial charge in [-0.25, -0.2) is 4.79 Å². The second kappa shape index (κ2) is 7.77. The van der Waals surface area contributed by atoms with Crippen LogP contribution in [0.25, 0.3) is 0 Å². The van der Waals surface area contributed by atoms with Gasteiger partial charge in [0, 0.05) is 30.2 Å². The van der Waals surface area contributed by atoms with Crippen molar-refractivity contribution in [3.63, 3.8) is 0 Å². The van der Waals surface area contributed by atoms with Crippen molar-refractivity contribution in [2.45, 2.75) is 42.7 Å². The molecule has 1 spiro atoms. The van der Waals surface area contributed by atoms with Gasteiger partial charge in [0.2, 0.25) is 5.91 Å². The highest BCUT2D eigenvalue weighted by atomic mass is 32.2. The Morgan fingerprint density at radius 3 is 2.67 bits per heavy atom. The third kappa shape index (κ3) is 3.33. The number of hydrogen-bond acceptors (Lipinski definition) is 8. The Morgan fingerprint density at radius 2 is 2.10 bits per heavy atom. The molecule has 0 bridgehead atoms. The lowest BCUT2D eigenvalue weighted by atomic mass is 9.89. The molecule has 3 aliphatic rings. The standard InChI is InChI=1S/C19H18BNO7S2/c1-10(22)27-9-14-15(18(25)28-20)21-16(24)13(17(21)30(26)19(14)4-5-19)8-11(23)7-12-3-2-6-29-12/h2-3,6,13,17H,4-5,7-9H2,1H3/t13-,17-,30?/m1/s1. The molecule has 1 aromatic rings. The summed E-state index contributed by atoms with van der Waals surface area (Å²) in [5.41, 5.74) is 0.173. The predicted molar refractivity (Wildman–Crippen MR) is 107 cm³/mol. The largest absolute Gasteiger partial charge is 0.539 e. The van der Waals surface area contributed by atoms with Gasteiger partial charge in [0.25, 0.3) is 0 Å². The summed E-state index contributed by atoms with van der Waals surface area (Å²) in [5.74, 6) is -2.91. The third-order valence-electron chi connectivity index (χ3n) is 5.66. The van der Waals surface area contributed by atoms with Crippen LogP contribution in [0.5, 0.6) is 0 Å². The fourth-order valence-electron chi connectivity index (χ4n) is 4.10. The van der Waals surface area contributed by atoms with Crippen LogP contribution in [0.3, 0.4) is 0 Å². The van der Waals surface area contributed by atoms with Crippen molar-refractivity contribution in [2.75, 3.05) is 6.61 Å². The van der Waals surface area contributed by atoms with Crippen LogP contribution in [0.15, 0.2) is 28.8 Å². The van der Waals surface area contributed by atoms with E-state index in [-0.39, 0.29) is 30.9 Å². The van der Waals surface area contributed by atoms with E-state index < -0.39 is 44.7 Å². The number of rotatable bonds is 7. The zero-order valence-electron chi connectivity index (χ0n) is 16.1. The van der Waals surface area contributed by atoms with E-state index >= 15 is 0 Å². The highest BCUT2D eigenvalue weighted by Gasteiger charge is 2.67. The van der Waals surface area contributed by atoms with E-state index in [4.69, 9.17) is 12.8 Å². The van der Waals surface area contributed by atoms with E-state index in [0.717, 1.165) is 9.78 Å². The number of amides is 1. The number of nitrogens with zero attached hydrogens (tertiary/aromatic N) is 1. The molecule has 2 fully saturated rings. The molecular weight excluding hydrogens is 429 g/mol. The molecule has 2 radical (unpaired) electrons. The van der Waals surface area contributed by atoms with Gasteiger partial charge in [0.1, 0.15) is 23.5 Å². The van der Waals surface area contributed by atoms with E-state index in [2.05, 4.69) is 4.65 Å². The summed E-state index contributed by atoms with van der Waals surface area (Å²) in [6, 6.07) is 3.69. The fourth-order valence-corrected chi connectivity index (χ4v) is 7.11. The van der Waals surface area contributed by atoms with Crippen LogP contribution >= 0.6 is 11.3 Å². The number of ketones is 1. The average Bonchev–Trinajstić information content (AvgIpc) is 3.34. The lowest BCUT2D eigenvalue weighted by Crippen LogP contribution is -2.68. The Kier molecular flexibility index (Phi) is 5.44. The number of carbonyl (C=O) groups excluding carboxylic acids is 4. The first kappa shape index (κ1) is 21.0. The van der Waals surface area contributed by atoms with Crippen LogP contribution in [0, 0.1) is 5.92 Å². The molecule has 1 saturated heterocycles. The minimum atomic E-state index is -1.56. The first-order valence-electron chi connectivity index (χ1n) is 9.36. The average molecular weight is 447 g/mol. The second-order valence-corrected chi connectivity index (χ2v) is 10.4. The number of Topliss-reactive ketones (excluding diaryl/α,β-unsaturated/α-hetero) is 1. The predicted octanol–water partition coefficient (Wildman–Crippen LogP) is 0.773. The van der Waals surface area contributed by atoms with Crippen molar-refractivity contribution in [1.82, 2.24) is 4.90 Å². The van der Waals surface area contributed by atoms with Gasteiger partial charge in [-0.1, -0.05) is 6.07 Å². The number of carbonyl (C=O) groups is 4. The number of β-lactam (4-membered cyclic amide) rings is 1. The van der Waals surface area contributed by atoms with Gasteiger partial charge in [-0.2, -0.15) is 0 Å². The van der Waals surface area contributed by atoms with Crippen molar-refractivity contribution in [1.29, 1.82) is 0 Å². The Labute approximate surface area is 180 Å². The normalized spacial score (nSPS) is 26.1. The zero-order chi connectivity index (χ0) is 21.6. The minimum Gasteiger partial charge on any atom is -0.539 e. The summed E-state index contributed by atoms with van der Waals surface area (Å²) >= 11 is 1.45. The summed E-state index contributed by atoms with van der Waals surface area (Å²) in [4.78, 5) is 51.1. The van der Waals surface area contributed by atoms with Gasteiger partial charge >= 0.3 is 20.0 Å². The van der Waals surface area contributed by atoms with Gasteiger partial charge in [-0.3, -0.25) is 23.5 Å². The topological polar surface area (TPSA) is 107 Å². The van der Waals surface area contributed by atoms with Crippen LogP contribution < -0.4 is 0 Å². The van der Waals surface area contributed by atoms with Gasteiger partial charge in [-0.05, 0) is 24.3 Å². The van der Waals surface area contributed by atoms with Crippen molar-refractivity contribution in [3.05, 3.63) is 33.7 Å². The summed E-state index contributed by atoms with van der Waals surface area (Å²) in [6.07, 6.45) is 1.19. The molecule has 1 aromatic heterocycles. The molecule has 1 aliphatic carbocycles. The summed E-state index contributed by atoms with van der Waals surface area (Å²) in [5, 5.41) is 1.06.